The first kappa shape index (κ1) is 26.2. The van der Waals surface area contributed by atoms with Gasteiger partial charge >= 0.3 is 5.97 Å². The molecule has 1 atom stereocenters. The molecule has 0 saturated carbocycles. The molecule has 0 spiro atoms. The van der Waals surface area contributed by atoms with Gasteiger partial charge in [0, 0.05) is 33.3 Å². The lowest BCUT2D eigenvalue weighted by atomic mass is 9.80. The van der Waals surface area contributed by atoms with Gasteiger partial charge in [0.2, 0.25) is 0 Å². The molecule has 3 aromatic rings. The number of carbonyl (C=O) groups is 2. The highest BCUT2D eigenvalue weighted by molar-refractivity contribution is 14.1. The van der Waals surface area contributed by atoms with Crippen molar-refractivity contribution in [3.8, 4) is 5.75 Å². The molecule has 188 valence electrons. The molecule has 0 fully saturated rings. The summed E-state index contributed by atoms with van der Waals surface area (Å²) in [6.07, 6.45) is 0. The molecule has 5 rings (SSSR count). The van der Waals surface area contributed by atoms with Crippen molar-refractivity contribution in [1.29, 1.82) is 0 Å². The maximum absolute atomic E-state index is 13.7. The van der Waals surface area contributed by atoms with Crippen molar-refractivity contribution in [2.75, 3.05) is 6.61 Å². The second kappa shape index (κ2) is 10.8. The predicted octanol–water partition coefficient (Wildman–Crippen LogP) is 7.26. The monoisotopic (exact) mass is 737 g/mol. The Hall–Kier alpha value is -2.37. The lowest BCUT2D eigenvalue weighted by molar-refractivity contribution is -0.138. The molecule has 1 N–H and O–H groups in total. The minimum absolute atomic E-state index is 0.0783. The second-order valence-electron chi connectivity index (χ2n) is 8.71. The Morgan fingerprint density at radius 1 is 1.03 bits per heavy atom. The molecule has 37 heavy (non-hydrogen) atoms. The minimum atomic E-state index is -0.567. The van der Waals surface area contributed by atoms with Gasteiger partial charge in [0.05, 0.1) is 25.0 Å². The summed E-state index contributed by atoms with van der Waals surface area (Å²) in [7, 11) is 0. The van der Waals surface area contributed by atoms with E-state index in [1.807, 2.05) is 67.6 Å². The van der Waals surface area contributed by atoms with Gasteiger partial charge in [-0.05, 0) is 94.4 Å². The average Bonchev–Trinajstić information content (AvgIpc) is 3.15. The Balaban J connectivity index is 1.57. The van der Waals surface area contributed by atoms with E-state index >= 15 is 0 Å². The van der Waals surface area contributed by atoms with Gasteiger partial charge in [0.15, 0.2) is 5.78 Å². The summed E-state index contributed by atoms with van der Waals surface area (Å²) in [4.78, 5) is 26.8. The third-order valence-electron chi connectivity index (χ3n) is 6.39. The number of dihydropyridines is 1. The van der Waals surface area contributed by atoms with E-state index in [0.717, 1.165) is 35.3 Å². The fourth-order valence-corrected chi connectivity index (χ4v) is 7.02. The molecule has 0 unspecified atom stereocenters. The number of ketones is 1. The first-order valence-corrected chi connectivity index (χ1v) is 14.2. The summed E-state index contributed by atoms with van der Waals surface area (Å²) < 4.78 is 13.4. The van der Waals surface area contributed by atoms with Gasteiger partial charge < -0.3 is 14.8 Å². The Bertz CT molecular complexity index is 1470. The zero-order valence-corrected chi connectivity index (χ0v) is 25.1. The summed E-state index contributed by atoms with van der Waals surface area (Å²) in [5.74, 6) is -0.323. The van der Waals surface area contributed by atoms with Crippen molar-refractivity contribution >= 4 is 74.2 Å². The van der Waals surface area contributed by atoms with Crippen LogP contribution in [0.25, 0.3) is 5.70 Å². The molecule has 1 aliphatic carbocycles. The van der Waals surface area contributed by atoms with Gasteiger partial charge in [-0.1, -0.05) is 48.0 Å². The Morgan fingerprint density at radius 2 is 1.68 bits per heavy atom. The first-order valence-electron chi connectivity index (χ1n) is 11.7. The van der Waals surface area contributed by atoms with Crippen LogP contribution in [0, 0.1) is 7.14 Å². The number of fused-ring (bicyclic) bond motifs is 2. The van der Waals surface area contributed by atoms with E-state index in [9.17, 15) is 9.59 Å². The third kappa shape index (κ3) is 4.93. The SMILES string of the molecule is CCOC(=O)C1=C(C)NC2=C(C(=O)c3ccccc32)[C@H]1c1cc(I)c(OCc2ccc(Cl)cc2)c(I)c1. The van der Waals surface area contributed by atoms with Crippen LogP contribution in [0.1, 0.15) is 46.8 Å². The maximum Gasteiger partial charge on any atom is 0.336 e. The largest absolute Gasteiger partial charge is 0.487 e. The lowest BCUT2D eigenvalue weighted by Crippen LogP contribution is -2.29. The fourth-order valence-electron chi connectivity index (χ4n) is 4.76. The van der Waals surface area contributed by atoms with Crippen LogP contribution in [0.15, 0.2) is 77.5 Å². The summed E-state index contributed by atoms with van der Waals surface area (Å²) in [6.45, 7) is 4.27. The number of ether oxygens (including phenoxy) is 2. The second-order valence-corrected chi connectivity index (χ2v) is 11.5. The van der Waals surface area contributed by atoms with E-state index in [4.69, 9.17) is 21.1 Å². The molecular formula is C29H22ClI2NO4. The molecule has 0 bridgehead atoms. The first-order chi connectivity index (χ1) is 17.8. The van der Waals surface area contributed by atoms with Crippen molar-refractivity contribution in [3.63, 3.8) is 0 Å². The maximum atomic E-state index is 13.7. The average molecular weight is 738 g/mol. The molecule has 0 radical (unpaired) electrons. The van der Waals surface area contributed by atoms with E-state index < -0.39 is 11.9 Å². The van der Waals surface area contributed by atoms with E-state index in [1.165, 1.54) is 0 Å². The van der Waals surface area contributed by atoms with Gasteiger partial charge in [-0.15, -0.1) is 0 Å². The van der Waals surface area contributed by atoms with E-state index in [1.54, 1.807) is 6.92 Å². The van der Waals surface area contributed by atoms with Gasteiger partial charge in [-0.25, -0.2) is 4.79 Å². The number of allylic oxidation sites excluding steroid dienone is 2. The third-order valence-corrected chi connectivity index (χ3v) is 8.25. The van der Waals surface area contributed by atoms with Crippen molar-refractivity contribution in [2.24, 2.45) is 0 Å². The van der Waals surface area contributed by atoms with Crippen molar-refractivity contribution in [1.82, 2.24) is 5.32 Å². The van der Waals surface area contributed by atoms with Crippen LogP contribution in [0.2, 0.25) is 5.02 Å². The summed E-state index contributed by atoms with van der Waals surface area (Å²) in [5, 5.41) is 4.01. The van der Waals surface area contributed by atoms with E-state index in [-0.39, 0.29) is 12.4 Å². The number of Topliss-reactive ketones (excluding diaryl/α,β-unsaturated/α-hetero) is 1. The highest BCUT2D eigenvalue weighted by Gasteiger charge is 2.43. The van der Waals surface area contributed by atoms with Crippen LogP contribution in [0.5, 0.6) is 5.75 Å². The zero-order chi connectivity index (χ0) is 26.3. The molecule has 2 aliphatic rings. The smallest absolute Gasteiger partial charge is 0.336 e. The minimum Gasteiger partial charge on any atom is -0.487 e. The molecule has 0 aromatic heterocycles. The molecule has 1 heterocycles. The number of benzene rings is 3. The van der Waals surface area contributed by atoms with E-state index in [0.29, 0.717) is 34.0 Å². The van der Waals surface area contributed by atoms with Gasteiger partial charge in [-0.3, -0.25) is 4.79 Å². The van der Waals surface area contributed by atoms with Crippen LogP contribution in [-0.4, -0.2) is 18.4 Å². The van der Waals surface area contributed by atoms with Gasteiger partial charge in [0.25, 0.3) is 0 Å². The number of rotatable bonds is 6. The normalized spacial score (nSPS) is 16.4. The van der Waals surface area contributed by atoms with Crippen LogP contribution in [0.3, 0.4) is 0 Å². The van der Waals surface area contributed by atoms with Crippen molar-refractivity contribution in [3.05, 3.63) is 112 Å². The molecule has 0 saturated heterocycles. The van der Waals surface area contributed by atoms with E-state index in [2.05, 4.69) is 50.5 Å². The van der Waals surface area contributed by atoms with Gasteiger partial charge in [-0.2, -0.15) is 0 Å². The molecule has 3 aromatic carbocycles. The molecule has 5 nitrogen and oxygen atoms in total. The molecular weight excluding hydrogens is 716 g/mol. The number of halogens is 3. The quantitative estimate of drug-likeness (QED) is 0.213. The fraction of sp³-hybridized carbons (Fsp3) is 0.172. The highest BCUT2D eigenvalue weighted by Crippen LogP contribution is 2.48. The number of esters is 1. The van der Waals surface area contributed by atoms with Gasteiger partial charge in [0.1, 0.15) is 12.4 Å². The Kier molecular flexibility index (Phi) is 7.65. The van der Waals surface area contributed by atoms with Crippen molar-refractivity contribution < 1.29 is 19.1 Å². The van der Waals surface area contributed by atoms with Crippen LogP contribution < -0.4 is 10.1 Å². The number of hydrogen-bond donors (Lipinski definition) is 1. The summed E-state index contributed by atoms with van der Waals surface area (Å²) in [5.41, 5.74) is 5.77. The van der Waals surface area contributed by atoms with Crippen LogP contribution in [0.4, 0.5) is 0 Å². The molecule has 8 heteroatoms. The molecule has 0 amide bonds. The number of hydrogen-bond acceptors (Lipinski definition) is 5. The standard InChI is InChI=1S/C29H22ClI2NO4/c1-3-36-29(35)23-15(2)33-26-19-6-4-5-7-20(19)27(34)25(26)24(23)17-12-21(31)28(22(32)13-17)37-14-16-8-10-18(30)11-9-16/h4-13,24,33H,3,14H2,1-2H3/t24-/m0/s1. The highest BCUT2D eigenvalue weighted by atomic mass is 127. The summed E-state index contributed by atoms with van der Waals surface area (Å²) >= 11 is 10.5. The Labute approximate surface area is 247 Å². The van der Waals surface area contributed by atoms with Crippen LogP contribution >= 0.6 is 56.8 Å². The number of nitrogens with one attached hydrogen (secondary N) is 1. The predicted molar refractivity (Wildman–Crippen MR) is 161 cm³/mol. The lowest BCUT2D eigenvalue weighted by Gasteiger charge is -2.29. The zero-order valence-electron chi connectivity index (χ0n) is 20.0. The topological polar surface area (TPSA) is 64.6 Å². The van der Waals surface area contributed by atoms with Crippen LogP contribution in [-0.2, 0) is 16.1 Å². The Morgan fingerprint density at radius 3 is 2.32 bits per heavy atom. The summed E-state index contributed by atoms with van der Waals surface area (Å²) in [6, 6.07) is 19.1. The van der Waals surface area contributed by atoms with Crippen molar-refractivity contribution in [2.45, 2.75) is 26.4 Å². The molecule has 1 aliphatic heterocycles. The number of carbonyl (C=O) groups excluding carboxylic acids is 2.